The van der Waals surface area contributed by atoms with Crippen LogP contribution >= 0.6 is 11.3 Å². The Balaban J connectivity index is 2.12. The van der Waals surface area contributed by atoms with Crippen molar-refractivity contribution in [3.63, 3.8) is 0 Å². The van der Waals surface area contributed by atoms with Crippen LogP contribution < -0.4 is 0 Å². The molecule has 0 fully saturated rings. The van der Waals surface area contributed by atoms with Gasteiger partial charge in [-0.05, 0) is 18.1 Å². The summed E-state index contributed by atoms with van der Waals surface area (Å²) >= 11 is 1.46. The van der Waals surface area contributed by atoms with Crippen LogP contribution in [0.3, 0.4) is 0 Å². The van der Waals surface area contributed by atoms with E-state index in [0.717, 1.165) is 16.1 Å². The summed E-state index contributed by atoms with van der Waals surface area (Å²) in [7, 11) is -1.72. The molecule has 2 aromatic rings. The van der Waals surface area contributed by atoms with E-state index in [4.69, 9.17) is 0 Å². The fourth-order valence-corrected chi connectivity index (χ4v) is 3.71. The molecule has 102 valence electrons. The van der Waals surface area contributed by atoms with Gasteiger partial charge in [0.05, 0.1) is 12.3 Å². The van der Waals surface area contributed by atoms with Gasteiger partial charge < -0.3 is 0 Å². The van der Waals surface area contributed by atoms with Crippen LogP contribution in [-0.2, 0) is 22.3 Å². The lowest BCUT2D eigenvalue weighted by Gasteiger charge is -2.16. The Hall–Kier alpha value is -1.24. The summed E-state index contributed by atoms with van der Waals surface area (Å²) in [5.74, 6) is 0.0293. The molecule has 0 spiro atoms. The average molecular weight is 296 g/mol. The van der Waals surface area contributed by atoms with E-state index in [2.05, 4.69) is 4.98 Å². The van der Waals surface area contributed by atoms with Gasteiger partial charge in [-0.25, -0.2) is 13.4 Å². The van der Waals surface area contributed by atoms with Crippen molar-refractivity contribution in [3.8, 4) is 0 Å². The highest BCUT2D eigenvalue weighted by Gasteiger charge is 2.20. The van der Waals surface area contributed by atoms with Crippen LogP contribution in [0.2, 0.25) is 0 Å². The number of thiazole rings is 1. The molecule has 6 heteroatoms. The van der Waals surface area contributed by atoms with Crippen LogP contribution in [0.1, 0.15) is 16.1 Å². The summed E-state index contributed by atoms with van der Waals surface area (Å²) in [5, 5.41) is 2.65. The van der Waals surface area contributed by atoms with Crippen molar-refractivity contribution in [2.75, 3.05) is 7.05 Å². The number of benzene rings is 1. The third kappa shape index (κ3) is 3.62. The zero-order chi connectivity index (χ0) is 13.9. The van der Waals surface area contributed by atoms with Crippen LogP contribution in [0.25, 0.3) is 0 Å². The van der Waals surface area contributed by atoms with Gasteiger partial charge in [-0.1, -0.05) is 24.3 Å². The monoisotopic (exact) mass is 296 g/mol. The van der Waals surface area contributed by atoms with Crippen LogP contribution in [0.15, 0.2) is 35.8 Å². The number of hydrogen-bond donors (Lipinski definition) is 0. The first-order chi connectivity index (χ1) is 8.99. The minimum atomic E-state index is -3.31. The lowest BCUT2D eigenvalue weighted by molar-refractivity contribution is 0.465. The quantitative estimate of drug-likeness (QED) is 0.851. The highest BCUT2D eigenvalue weighted by Crippen LogP contribution is 2.16. The third-order valence-electron chi connectivity index (χ3n) is 2.92. The minimum Gasteiger partial charge on any atom is -0.248 e. The second-order valence-corrected chi connectivity index (χ2v) is 7.42. The van der Waals surface area contributed by atoms with E-state index in [9.17, 15) is 8.42 Å². The topological polar surface area (TPSA) is 50.3 Å². The van der Waals surface area contributed by atoms with Gasteiger partial charge in [-0.2, -0.15) is 4.31 Å². The van der Waals surface area contributed by atoms with Crippen molar-refractivity contribution in [1.29, 1.82) is 0 Å². The summed E-state index contributed by atoms with van der Waals surface area (Å²) in [6.07, 6.45) is 1.68. The van der Waals surface area contributed by atoms with Crippen molar-refractivity contribution >= 4 is 21.4 Å². The number of sulfonamides is 1. The molecule has 0 aliphatic carbocycles. The molecule has 1 aromatic carbocycles. The normalized spacial score (nSPS) is 11.9. The second kappa shape index (κ2) is 5.81. The van der Waals surface area contributed by atoms with Crippen molar-refractivity contribution < 1.29 is 8.42 Å². The Morgan fingerprint density at radius 1 is 1.32 bits per heavy atom. The molecule has 0 aliphatic rings. The standard InChI is InChI=1S/C13H16N2O2S2/c1-11-5-3-4-6-12(11)10-19(16,17)15(2)9-13-14-7-8-18-13/h3-8H,9-10H2,1-2H3. The number of hydrogen-bond acceptors (Lipinski definition) is 4. The molecular formula is C13H16N2O2S2. The summed E-state index contributed by atoms with van der Waals surface area (Å²) < 4.78 is 25.9. The summed E-state index contributed by atoms with van der Waals surface area (Å²) in [6.45, 7) is 2.25. The number of aromatic nitrogens is 1. The molecule has 0 aliphatic heterocycles. The molecule has 0 unspecified atom stereocenters. The minimum absolute atomic E-state index is 0.0293. The zero-order valence-electron chi connectivity index (χ0n) is 10.9. The Labute approximate surface area is 117 Å². The van der Waals surface area contributed by atoms with E-state index in [1.165, 1.54) is 15.6 Å². The van der Waals surface area contributed by atoms with E-state index < -0.39 is 10.0 Å². The predicted molar refractivity (Wildman–Crippen MR) is 77.4 cm³/mol. The Morgan fingerprint density at radius 3 is 2.68 bits per heavy atom. The molecule has 19 heavy (non-hydrogen) atoms. The maximum absolute atomic E-state index is 12.3. The largest absolute Gasteiger partial charge is 0.248 e. The van der Waals surface area contributed by atoms with Crippen molar-refractivity contribution in [3.05, 3.63) is 52.0 Å². The summed E-state index contributed by atoms with van der Waals surface area (Å²) in [4.78, 5) is 4.11. The van der Waals surface area contributed by atoms with E-state index in [-0.39, 0.29) is 5.75 Å². The lowest BCUT2D eigenvalue weighted by atomic mass is 10.1. The fraction of sp³-hybridized carbons (Fsp3) is 0.308. The third-order valence-corrected chi connectivity index (χ3v) is 5.43. The van der Waals surface area contributed by atoms with E-state index in [0.29, 0.717) is 6.54 Å². The van der Waals surface area contributed by atoms with E-state index in [1.54, 1.807) is 13.2 Å². The highest BCUT2D eigenvalue weighted by molar-refractivity contribution is 7.88. The maximum atomic E-state index is 12.3. The molecule has 0 bridgehead atoms. The van der Waals surface area contributed by atoms with Gasteiger partial charge in [0.1, 0.15) is 5.01 Å². The fourth-order valence-electron chi connectivity index (χ4n) is 1.70. The van der Waals surface area contributed by atoms with Crippen LogP contribution in [-0.4, -0.2) is 24.8 Å². The molecule has 0 saturated carbocycles. The zero-order valence-corrected chi connectivity index (χ0v) is 12.5. The smallest absolute Gasteiger partial charge is 0.218 e. The molecule has 1 aromatic heterocycles. The van der Waals surface area contributed by atoms with Crippen LogP contribution in [0.5, 0.6) is 0 Å². The summed E-state index contributed by atoms with van der Waals surface area (Å²) in [6, 6.07) is 7.54. The highest BCUT2D eigenvalue weighted by atomic mass is 32.2. The van der Waals surface area contributed by atoms with Gasteiger partial charge in [0.15, 0.2) is 0 Å². The number of aryl methyl sites for hydroxylation is 1. The maximum Gasteiger partial charge on any atom is 0.218 e. The molecule has 0 radical (unpaired) electrons. The molecule has 4 nitrogen and oxygen atoms in total. The predicted octanol–water partition coefficient (Wildman–Crippen LogP) is 2.41. The van der Waals surface area contributed by atoms with Crippen LogP contribution in [0.4, 0.5) is 0 Å². The van der Waals surface area contributed by atoms with Gasteiger partial charge in [-0.3, -0.25) is 0 Å². The van der Waals surface area contributed by atoms with Gasteiger partial charge in [-0.15, -0.1) is 11.3 Å². The number of nitrogens with zero attached hydrogens (tertiary/aromatic N) is 2. The molecular weight excluding hydrogens is 280 g/mol. The van der Waals surface area contributed by atoms with Gasteiger partial charge in [0.2, 0.25) is 10.0 Å². The average Bonchev–Trinajstić information content (AvgIpc) is 2.84. The molecule has 0 atom stereocenters. The molecule has 2 rings (SSSR count). The van der Waals surface area contributed by atoms with E-state index in [1.807, 2.05) is 36.6 Å². The number of rotatable bonds is 5. The Bertz CT molecular complexity index is 636. The SMILES string of the molecule is Cc1ccccc1CS(=O)(=O)N(C)Cc1nccs1. The molecule has 0 saturated heterocycles. The first kappa shape index (κ1) is 14.2. The van der Waals surface area contributed by atoms with Gasteiger partial charge in [0, 0.05) is 18.6 Å². The van der Waals surface area contributed by atoms with Gasteiger partial charge in [0.25, 0.3) is 0 Å². The van der Waals surface area contributed by atoms with Crippen molar-refractivity contribution in [2.45, 2.75) is 19.2 Å². The van der Waals surface area contributed by atoms with Gasteiger partial charge >= 0.3 is 0 Å². The Morgan fingerprint density at radius 2 is 2.05 bits per heavy atom. The molecule has 1 heterocycles. The first-order valence-electron chi connectivity index (χ1n) is 5.86. The Kier molecular flexibility index (Phi) is 4.34. The van der Waals surface area contributed by atoms with Crippen molar-refractivity contribution in [2.24, 2.45) is 0 Å². The molecule has 0 amide bonds. The van der Waals surface area contributed by atoms with Crippen molar-refractivity contribution in [1.82, 2.24) is 9.29 Å². The van der Waals surface area contributed by atoms with Crippen LogP contribution in [0, 0.1) is 6.92 Å². The summed E-state index contributed by atoms with van der Waals surface area (Å²) in [5.41, 5.74) is 1.84. The van der Waals surface area contributed by atoms with E-state index >= 15 is 0 Å². The second-order valence-electron chi connectivity index (χ2n) is 4.36. The lowest BCUT2D eigenvalue weighted by Crippen LogP contribution is -2.27. The molecule has 0 N–H and O–H groups in total. The first-order valence-corrected chi connectivity index (χ1v) is 8.35.